The van der Waals surface area contributed by atoms with E-state index in [0.717, 1.165) is 0 Å². The molecule has 0 saturated carbocycles. The molecule has 1 unspecified atom stereocenters. The molecule has 5 N–H and O–H groups in total. The summed E-state index contributed by atoms with van der Waals surface area (Å²) in [6, 6.07) is 5.53. The van der Waals surface area contributed by atoms with Gasteiger partial charge in [-0.3, -0.25) is 4.79 Å². The van der Waals surface area contributed by atoms with E-state index in [9.17, 15) is 13.2 Å². The highest BCUT2D eigenvalue weighted by Gasteiger charge is 2.16. The number of hydrogen-bond acceptors (Lipinski definition) is 4. The first-order valence-electron chi connectivity index (χ1n) is 5.87. The molecule has 1 aromatic carbocycles. The van der Waals surface area contributed by atoms with Gasteiger partial charge >= 0.3 is 0 Å². The van der Waals surface area contributed by atoms with Gasteiger partial charge in [-0.25, -0.2) is 13.6 Å². The molecule has 0 fully saturated rings. The molecule has 0 radical (unpaired) electrons. The van der Waals surface area contributed by atoms with E-state index in [-0.39, 0.29) is 35.7 Å². The minimum Gasteiger partial charge on any atom is -0.351 e. The number of primary sulfonamides is 1. The summed E-state index contributed by atoms with van der Waals surface area (Å²) < 4.78 is 22.4. The van der Waals surface area contributed by atoms with Crippen molar-refractivity contribution in [1.29, 1.82) is 0 Å². The Morgan fingerprint density at radius 2 is 1.95 bits per heavy atom. The van der Waals surface area contributed by atoms with E-state index in [1.165, 1.54) is 12.1 Å². The molecule has 0 bridgehead atoms. The normalized spacial score (nSPS) is 12.7. The second-order valence-electron chi connectivity index (χ2n) is 4.68. The summed E-state index contributed by atoms with van der Waals surface area (Å²) >= 11 is 0. The predicted octanol–water partition coefficient (Wildman–Crippen LogP) is 0.355. The maximum Gasteiger partial charge on any atom is 0.238 e. The molecule has 114 valence electrons. The standard InChI is InChI=1S/C12H19N3O3S.ClH/c1-8(2)11(13)12(16)15-7-9-4-3-5-10(6-9)19(14,17)18;/h3-6,8,11H,7,13H2,1-2H3,(H,15,16)(H2,14,17,18);1H. The van der Waals surface area contributed by atoms with Gasteiger partial charge in [-0.15, -0.1) is 12.4 Å². The number of hydrogen-bond donors (Lipinski definition) is 3. The van der Waals surface area contributed by atoms with Gasteiger partial charge < -0.3 is 11.1 Å². The van der Waals surface area contributed by atoms with Gasteiger partial charge in [-0.2, -0.15) is 0 Å². The van der Waals surface area contributed by atoms with Gasteiger partial charge in [-0.1, -0.05) is 26.0 Å². The van der Waals surface area contributed by atoms with Crippen LogP contribution in [0, 0.1) is 5.92 Å². The molecule has 0 saturated heterocycles. The van der Waals surface area contributed by atoms with Crippen molar-refractivity contribution in [3.8, 4) is 0 Å². The average Bonchev–Trinajstić information content (AvgIpc) is 2.34. The molecule has 0 aliphatic heterocycles. The van der Waals surface area contributed by atoms with E-state index in [4.69, 9.17) is 10.9 Å². The molecule has 1 atom stereocenters. The van der Waals surface area contributed by atoms with Crippen molar-refractivity contribution >= 4 is 28.3 Å². The highest BCUT2D eigenvalue weighted by Crippen LogP contribution is 2.09. The number of carbonyl (C=O) groups excluding carboxylic acids is 1. The number of nitrogens with two attached hydrogens (primary N) is 2. The zero-order chi connectivity index (χ0) is 14.6. The van der Waals surface area contributed by atoms with Crippen LogP contribution in [0.15, 0.2) is 29.2 Å². The Morgan fingerprint density at radius 3 is 2.45 bits per heavy atom. The topological polar surface area (TPSA) is 115 Å². The monoisotopic (exact) mass is 321 g/mol. The summed E-state index contributed by atoms with van der Waals surface area (Å²) in [5.74, 6) is -0.230. The SMILES string of the molecule is CC(C)C(N)C(=O)NCc1cccc(S(N)(=O)=O)c1.Cl. The molecule has 0 spiro atoms. The van der Waals surface area contributed by atoms with E-state index >= 15 is 0 Å². The third-order valence-corrected chi connectivity index (χ3v) is 3.63. The second-order valence-corrected chi connectivity index (χ2v) is 6.24. The lowest BCUT2D eigenvalue weighted by Gasteiger charge is -2.15. The highest BCUT2D eigenvalue weighted by molar-refractivity contribution is 7.89. The minimum absolute atomic E-state index is 0. The molecule has 1 aromatic rings. The lowest BCUT2D eigenvalue weighted by Crippen LogP contribution is -2.43. The Balaban J connectivity index is 0.00000361. The minimum atomic E-state index is -3.73. The molecular weight excluding hydrogens is 302 g/mol. The van der Waals surface area contributed by atoms with Crippen molar-refractivity contribution in [2.45, 2.75) is 31.3 Å². The van der Waals surface area contributed by atoms with E-state index < -0.39 is 16.1 Å². The van der Waals surface area contributed by atoms with Crippen LogP contribution in [0.5, 0.6) is 0 Å². The maximum absolute atomic E-state index is 11.7. The molecule has 20 heavy (non-hydrogen) atoms. The Hall–Kier alpha value is -1.15. The van der Waals surface area contributed by atoms with Crippen LogP contribution in [0.25, 0.3) is 0 Å². The van der Waals surface area contributed by atoms with Crippen LogP contribution in [-0.4, -0.2) is 20.4 Å². The van der Waals surface area contributed by atoms with Gasteiger partial charge in [0, 0.05) is 6.54 Å². The largest absolute Gasteiger partial charge is 0.351 e. The highest BCUT2D eigenvalue weighted by atomic mass is 35.5. The van der Waals surface area contributed by atoms with Gasteiger partial charge in [0.25, 0.3) is 0 Å². The molecule has 1 rings (SSSR count). The summed E-state index contributed by atoms with van der Waals surface area (Å²) in [6.45, 7) is 3.92. The van der Waals surface area contributed by atoms with E-state index in [2.05, 4.69) is 5.32 Å². The van der Waals surface area contributed by atoms with Gasteiger partial charge in [0.05, 0.1) is 10.9 Å². The van der Waals surface area contributed by atoms with E-state index in [1.807, 2.05) is 13.8 Å². The zero-order valence-electron chi connectivity index (χ0n) is 11.4. The predicted molar refractivity (Wildman–Crippen MR) is 79.7 cm³/mol. The summed E-state index contributed by atoms with van der Waals surface area (Å²) in [4.78, 5) is 11.7. The van der Waals surface area contributed by atoms with Crippen LogP contribution in [0.2, 0.25) is 0 Å². The summed E-state index contributed by atoms with van der Waals surface area (Å²) in [5.41, 5.74) is 6.34. The Morgan fingerprint density at radius 1 is 1.35 bits per heavy atom. The van der Waals surface area contributed by atoms with Crippen molar-refractivity contribution in [2.24, 2.45) is 16.8 Å². The fraction of sp³-hybridized carbons (Fsp3) is 0.417. The van der Waals surface area contributed by atoms with E-state index in [1.54, 1.807) is 12.1 Å². The third kappa shape index (κ3) is 5.46. The molecular formula is C12H20ClN3O3S. The van der Waals surface area contributed by atoms with Crippen LogP contribution >= 0.6 is 12.4 Å². The lowest BCUT2D eigenvalue weighted by atomic mass is 10.0. The van der Waals surface area contributed by atoms with Crippen molar-refractivity contribution in [3.05, 3.63) is 29.8 Å². The fourth-order valence-electron chi connectivity index (χ4n) is 1.44. The first kappa shape index (κ1) is 18.9. The van der Waals surface area contributed by atoms with Crippen LogP contribution in [0.1, 0.15) is 19.4 Å². The van der Waals surface area contributed by atoms with Crippen molar-refractivity contribution < 1.29 is 13.2 Å². The molecule has 8 heteroatoms. The van der Waals surface area contributed by atoms with Crippen molar-refractivity contribution in [1.82, 2.24) is 5.32 Å². The molecule has 0 heterocycles. The van der Waals surface area contributed by atoms with Gasteiger partial charge in [0.2, 0.25) is 15.9 Å². The molecule has 0 aromatic heterocycles. The fourth-order valence-corrected chi connectivity index (χ4v) is 2.03. The number of sulfonamides is 1. The summed E-state index contributed by atoms with van der Waals surface area (Å²) in [6.07, 6.45) is 0. The number of halogens is 1. The molecule has 0 aliphatic carbocycles. The molecule has 6 nitrogen and oxygen atoms in total. The van der Waals surface area contributed by atoms with Crippen LogP contribution in [0.3, 0.4) is 0 Å². The van der Waals surface area contributed by atoms with Gasteiger partial charge in [0.1, 0.15) is 0 Å². The Kier molecular flexibility index (Phi) is 7.15. The summed E-state index contributed by atoms with van der Waals surface area (Å²) in [7, 11) is -3.73. The smallest absolute Gasteiger partial charge is 0.238 e. The van der Waals surface area contributed by atoms with Crippen LogP contribution in [-0.2, 0) is 21.4 Å². The number of benzene rings is 1. The summed E-state index contributed by atoms with van der Waals surface area (Å²) in [5, 5.41) is 7.69. The second kappa shape index (κ2) is 7.58. The lowest BCUT2D eigenvalue weighted by molar-refractivity contribution is -0.123. The third-order valence-electron chi connectivity index (χ3n) is 2.71. The van der Waals surface area contributed by atoms with E-state index in [0.29, 0.717) is 5.56 Å². The first-order valence-corrected chi connectivity index (χ1v) is 7.41. The average molecular weight is 322 g/mol. The van der Waals surface area contributed by atoms with Crippen LogP contribution < -0.4 is 16.2 Å². The Labute approximate surface area is 125 Å². The molecule has 0 aliphatic rings. The van der Waals surface area contributed by atoms with Gasteiger partial charge in [-0.05, 0) is 23.6 Å². The zero-order valence-corrected chi connectivity index (χ0v) is 13.0. The van der Waals surface area contributed by atoms with Crippen LogP contribution in [0.4, 0.5) is 0 Å². The van der Waals surface area contributed by atoms with Crippen molar-refractivity contribution in [2.75, 3.05) is 0 Å². The number of nitrogens with one attached hydrogen (secondary N) is 1. The maximum atomic E-state index is 11.7. The first-order chi connectivity index (χ1) is 8.71. The number of amides is 1. The quantitative estimate of drug-likeness (QED) is 0.726. The van der Waals surface area contributed by atoms with Gasteiger partial charge in [0.15, 0.2) is 0 Å². The number of carbonyl (C=O) groups is 1. The molecule has 1 amide bonds. The Bertz CT molecular complexity index is 561. The number of rotatable bonds is 5. The van der Waals surface area contributed by atoms with Crippen molar-refractivity contribution in [3.63, 3.8) is 0 Å².